The van der Waals surface area contributed by atoms with Crippen molar-refractivity contribution in [2.75, 3.05) is 118 Å². The molecular weight excluding hydrogens is 1070 g/mol. The summed E-state index contributed by atoms with van der Waals surface area (Å²) >= 11 is 0. The molecule has 23 heteroatoms. The number of piperidine rings is 1. The monoisotopic (exact) mass is 1140 g/mol. The Balaban J connectivity index is 0.0000107. The topological polar surface area (TPSA) is 284 Å². The summed E-state index contributed by atoms with van der Waals surface area (Å²) in [5.41, 5.74) is 2.66. The van der Waals surface area contributed by atoms with Gasteiger partial charge in [-0.2, -0.15) is 0 Å². The molecule has 2 aliphatic heterocycles. The maximum atomic E-state index is 13.1. The third-order valence-corrected chi connectivity index (χ3v) is 12.3. The van der Waals surface area contributed by atoms with Crippen molar-refractivity contribution in [2.24, 2.45) is 5.92 Å². The van der Waals surface area contributed by atoms with Crippen LogP contribution in [0.1, 0.15) is 67.7 Å². The number of hydrogen-bond acceptors (Lipinski definition) is 15. The number of carboxylic acids is 3. The minimum Gasteiger partial charge on any atom is -0.508 e. The maximum absolute atomic E-state index is 13.1. The summed E-state index contributed by atoms with van der Waals surface area (Å²) < 4.78 is 7.29. The minimum atomic E-state index is -1.03. The second-order valence-electron chi connectivity index (χ2n) is 17.8. The SMILES string of the molecule is CCNC(=O)c1nnc(-c2cc(C(C)C)c(O)cc2O)n1-c1ccc(CC2CCN(C(=O)CCOCCNC(=O)CN3CCN(CC(=O)O)CCN(CC(=O)O)CCN(CC(=O)O)CC3)CC2)cc1.[Lu]. The zero-order valence-electron chi connectivity index (χ0n) is 40.1. The van der Waals surface area contributed by atoms with Crippen molar-refractivity contribution in [3.05, 3.63) is 53.3 Å². The first kappa shape index (κ1) is 57.6. The van der Waals surface area contributed by atoms with Gasteiger partial charge in [0, 0.05) is 127 Å². The Labute approximate surface area is 437 Å². The number of phenolic OH excluding ortho intramolecular Hbond substituents is 2. The zero-order valence-corrected chi connectivity index (χ0v) is 41.8. The summed E-state index contributed by atoms with van der Waals surface area (Å²) in [5.74, 6) is -3.41. The van der Waals surface area contributed by atoms with Crippen LogP contribution in [0.3, 0.4) is 0 Å². The third-order valence-electron chi connectivity index (χ3n) is 12.3. The molecule has 2 fully saturated rings. The number of carbonyl (C=O) groups excluding carboxylic acids is 3. The molecule has 0 unspecified atom stereocenters. The number of ether oxygens (including phenoxy) is 1. The smallest absolute Gasteiger partial charge is 0.317 e. The molecule has 70 heavy (non-hydrogen) atoms. The molecule has 5 rings (SSSR count). The molecule has 7 N–H and O–H groups in total. The molecule has 0 atom stereocenters. The summed E-state index contributed by atoms with van der Waals surface area (Å²) in [5, 5.41) is 63.7. The Morgan fingerprint density at radius 2 is 1.23 bits per heavy atom. The number of amides is 3. The van der Waals surface area contributed by atoms with Crippen molar-refractivity contribution < 1.29 is 95.9 Å². The number of carboxylic acid groups (broad SMARTS) is 3. The fourth-order valence-electron chi connectivity index (χ4n) is 8.55. The number of hydrogen-bond donors (Lipinski definition) is 7. The Morgan fingerprint density at radius 3 is 1.73 bits per heavy atom. The number of phenols is 2. The Hall–Kier alpha value is -4.97. The van der Waals surface area contributed by atoms with Crippen LogP contribution >= 0.6 is 0 Å². The second-order valence-corrected chi connectivity index (χ2v) is 17.8. The van der Waals surface area contributed by atoms with E-state index in [-0.39, 0.29) is 156 Å². The first-order valence-corrected chi connectivity index (χ1v) is 23.6. The van der Waals surface area contributed by atoms with E-state index in [2.05, 4.69) is 20.8 Å². The van der Waals surface area contributed by atoms with Gasteiger partial charge in [0.1, 0.15) is 11.5 Å². The van der Waals surface area contributed by atoms with E-state index in [4.69, 9.17) is 4.74 Å². The number of rotatable bonds is 21. The number of aromatic nitrogens is 3. The number of likely N-dealkylation sites (tertiary alicyclic amines) is 1. The quantitative estimate of drug-likeness (QED) is 0.0733. The van der Waals surface area contributed by atoms with E-state index < -0.39 is 23.8 Å². The van der Waals surface area contributed by atoms with Crippen molar-refractivity contribution in [1.82, 2.24) is 49.9 Å². The molecule has 0 saturated carbocycles. The van der Waals surface area contributed by atoms with Gasteiger partial charge in [-0.25, -0.2) is 0 Å². The van der Waals surface area contributed by atoms with E-state index in [0.29, 0.717) is 68.5 Å². The van der Waals surface area contributed by atoms with Gasteiger partial charge in [-0.1, -0.05) is 26.0 Å². The predicted octanol–water partition coefficient (Wildman–Crippen LogP) is 0.998. The van der Waals surface area contributed by atoms with Crippen LogP contribution in [0.5, 0.6) is 11.5 Å². The van der Waals surface area contributed by atoms with Crippen molar-refractivity contribution in [3.63, 3.8) is 0 Å². The average Bonchev–Trinajstić information content (AvgIpc) is 3.73. The average molecular weight is 1140 g/mol. The van der Waals surface area contributed by atoms with Gasteiger partial charge < -0.3 is 45.8 Å². The number of carbonyl (C=O) groups is 6. The number of aromatic hydroxyl groups is 2. The number of aliphatic carboxylic acids is 3. The Kier molecular flexibility index (Phi) is 23.7. The van der Waals surface area contributed by atoms with Crippen molar-refractivity contribution >= 4 is 35.6 Å². The number of nitrogens with one attached hydrogen (secondary N) is 2. The van der Waals surface area contributed by atoms with Gasteiger partial charge >= 0.3 is 17.9 Å². The summed E-state index contributed by atoms with van der Waals surface area (Å²) in [6.45, 7) is 9.47. The van der Waals surface area contributed by atoms with Gasteiger partial charge in [0.2, 0.25) is 17.6 Å². The first-order valence-electron chi connectivity index (χ1n) is 23.6. The van der Waals surface area contributed by atoms with Crippen molar-refractivity contribution in [2.45, 2.75) is 52.4 Å². The summed E-state index contributed by atoms with van der Waals surface area (Å²) in [6.07, 6.45) is 2.65. The van der Waals surface area contributed by atoms with Crippen LogP contribution < -0.4 is 10.6 Å². The van der Waals surface area contributed by atoms with E-state index in [1.807, 2.05) is 47.9 Å². The first-order chi connectivity index (χ1) is 33.0. The molecule has 1 aromatic heterocycles. The standard InChI is InChI=1S/C47H68N10O12.Lu/c1-4-48-47(68)46-51-50-45(37-26-36(32(2)3)38(58)27-39(37)59)57(46)35-7-5-33(6-8-35)25-34-9-13-56(14-10-34)41(61)11-23-69-24-12-49-40(60)28-52-15-17-53(29-42(62)63)19-21-55(31-44(66)67)22-20-54(18-16-52)30-43(64)65;/h5-8,26-27,32,34,58-59H,4,9-25,28-31H2,1-3H3,(H,48,68)(H,49,60)(H,62,63)(H,64,65)(H,66,67);. The fraction of sp³-hybridized carbons (Fsp3) is 0.574. The van der Waals surface area contributed by atoms with Crippen LogP contribution in [0, 0.1) is 42.8 Å². The molecule has 1 radical (unpaired) electrons. The summed E-state index contributed by atoms with van der Waals surface area (Å²) in [4.78, 5) is 82.5. The van der Waals surface area contributed by atoms with Crippen molar-refractivity contribution in [3.8, 4) is 28.6 Å². The normalized spacial score (nSPS) is 16.2. The molecule has 2 aliphatic rings. The van der Waals surface area contributed by atoms with Crippen LogP contribution in [-0.2, 0) is 35.1 Å². The maximum Gasteiger partial charge on any atom is 0.317 e. The van der Waals surface area contributed by atoms with E-state index in [1.165, 1.54) is 6.07 Å². The number of nitrogens with zero attached hydrogens (tertiary/aromatic N) is 8. The zero-order chi connectivity index (χ0) is 50.0. The molecule has 2 saturated heterocycles. The van der Waals surface area contributed by atoms with Crippen LogP contribution in [0.2, 0.25) is 0 Å². The molecule has 3 heterocycles. The molecule has 0 aliphatic carbocycles. The Morgan fingerprint density at radius 1 is 0.700 bits per heavy atom. The van der Waals surface area contributed by atoms with Gasteiger partial charge in [-0.15, -0.1) is 10.2 Å². The third kappa shape index (κ3) is 18.0. The molecule has 393 valence electrons. The van der Waals surface area contributed by atoms with Crippen molar-refractivity contribution in [1.29, 1.82) is 0 Å². The van der Waals surface area contributed by atoms with Crippen LogP contribution in [0.4, 0.5) is 0 Å². The van der Waals surface area contributed by atoms with Gasteiger partial charge in [0.25, 0.3) is 5.91 Å². The molecule has 2 aromatic carbocycles. The predicted molar refractivity (Wildman–Crippen MR) is 252 cm³/mol. The number of benzene rings is 2. The van der Waals surface area contributed by atoms with Gasteiger partial charge in [-0.3, -0.25) is 52.9 Å². The Bertz CT molecular complexity index is 2190. The largest absolute Gasteiger partial charge is 0.508 e. The molecule has 3 aromatic rings. The summed E-state index contributed by atoms with van der Waals surface area (Å²) in [6, 6.07) is 10.7. The van der Waals surface area contributed by atoms with E-state index in [0.717, 1.165) is 24.8 Å². The van der Waals surface area contributed by atoms with Crippen LogP contribution in [-0.4, -0.2) is 218 Å². The van der Waals surface area contributed by atoms with Crippen LogP contribution in [0.25, 0.3) is 17.1 Å². The van der Waals surface area contributed by atoms with E-state index in [1.54, 1.807) is 32.3 Å². The molecule has 22 nitrogen and oxygen atoms in total. The summed E-state index contributed by atoms with van der Waals surface area (Å²) in [7, 11) is 0. The van der Waals surface area contributed by atoms with Gasteiger partial charge in [0.15, 0.2) is 5.82 Å². The molecular formula is C47H68LuN10O12. The molecule has 0 spiro atoms. The van der Waals surface area contributed by atoms with Gasteiger partial charge in [-0.05, 0) is 67.3 Å². The van der Waals surface area contributed by atoms with Gasteiger partial charge in [0.05, 0.1) is 51.4 Å². The van der Waals surface area contributed by atoms with E-state index in [9.17, 15) is 54.3 Å². The van der Waals surface area contributed by atoms with Crippen LogP contribution in [0.15, 0.2) is 36.4 Å². The van der Waals surface area contributed by atoms with E-state index >= 15 is 0 Å². The second kappa shape index (κ2) is 28.8. The molecule has 3 amide bonds. The minimum absolute atomic E-state index is 0. The molecule has 0 bridgehead atoms. The fourth-order valence-corrected chi connectivity index (χ4v) is 8.55.